The molecule has 2 aromatic rings. The molecule has 1 N–H and O–H groups in total. The summed E-state index contributed by atoms with van der Waals surface area (Å²) in [5, 5.41) is 4.20. The number of nitrogens with one attached hydrogen (secondary N) is 1. The second kappa shape index (κ2) is 11.9. The molecule has 1 amide bonds. The molecule has 176 valence electrons. The Bertz CT molecular complexity index is 1000. The maximum absolute atomic E-state index is 12.4. The van der Waals surface area contributed by atoms with Gasteiger partial charge in [0.25, 0.3) is 0 Å². The second-order valence-electron chi connectivity index (χ2n) is 7.43. The summed E-state index contributed by atoms with van der Waals surface area (Å²) in [7, 11) is 1.34. The average molecular weight is 527 g/mol. The third kappa shape index (κ3) is 6.76. The molecule has 0 radical (unpaired) electrons. The molecule has 1 saturated heterocycles. The highest BCUT2D eigenvalue weighted by atomic mass is 35.5. The highest BCUT2D eigenvalue weighted by Crippen LogP contribution is 2.26. The zero-order chi connectivity index (χ0) is 24.0. The molecule has 2 atom stereocenters. The van der Waals surface area contributed by atoms with Crippen LogP contribution in [-0.4, -0.2) is 52.6 Å². The summed E-state index contributed by atoms with van der Waals surface area (Å²) in [5.74, 6) is 1.46. The first-order valence-corrected chi connectivity index (χ1v) is 12.5. The molecule has 1 aliphatic rings. The number of halogens is 2. The lowest BCUT2D eigenvalue weighted by Gasteiger charge is -2.26. The van der Waals surface area contributed by atoms with Gasteiger partial charge in [0.1, 0.15) is 18.4 Å². The van der Waals surface area contributed by atoms with E-state index in [1.54, 1.807) is 34.9 Å². The summed E-state index contributed by atoms with van der Waals surface area (Å²) >= 11 is 19.5. The Labute approximate surface area is 212 Å². The summed E-state index contributed by atoms with van der Waals surface area (Å²) in [6, 6.07) is 11.8. The lowest BCUT2D eigenvalue weighted by atomic mass is 10.1. The van der Waals surface area contributed by atoms with Crippen LogP contribution < -0.4 is 10.1 Å². The van der Waals surface area contributed by atoms with E-state index in [4.69, 9.17) is 44.9 Å². The fourth-order valence-electron chi connectivity index (χ4n) is 3.36. The van der Waals surface area contributed by atoms with Crippen molar-refractivity contribution in [3.05, 3.63) is 63.6 Å². The standard InChI is InChI=1S/C23H24Cl2N2O4S2/c1-14(28)27-13-33-12-21(27)22(32)26-20(23(29)30-2)10-15-6-8-16(9-7-15)31-11-17-18(24)4-3-5-19(17)25/h3-9,20-21H,10-13H2,1-2H3,(H,26,32)/t20-,21+/m1/s1. The third-order valence-electron chi connectivity index (χ3n) is 5.20. The molecule has 0 spiro atoms. The molecular weight excluding hydrogens is 503 g/mol. The number of carbonyl (C=O) groups excluding carboxylic acids is 2. The number of hydrogen-bond donors (Lipinski definition) is 1. The van der Waals surface area contributed by atoms with Crippen LogP contribution >= 0.6 is 47.2 Å². The maximum Gasteiger partial charge on any atom is 0.328 e. The van der Waals surface area contributed by atoms with Gasteiger partial charge >= 0.3 is 5.97 Å². The van der Waals surface area contributed by atoms with Crippen molar-refractivity contribution >= 4 is 64.0 Å². The van der Waals surface area contributed by atoms with Gasteiger partial charge in [-0.3, -0.25) is 4.79 Å². The van der Waals surface area contributed by atoms with Crippen LogP contribution in [-0.2, 0) is 27.4 Å². The Morgan fingerprint density at radius 1 is 1.21 bits per heavy atom. The van der Waals surface area contributed by atoms with Crippen LogP contribution in [0.15, 0.2) is 42.5 Å². The first-order chi connectivity index (χ1) is 15.8. The zero-order valence-electron chi connectivity index (χ0n) is 18.2. The quantitative estimate of drug-likeness (QED) is 0.401. The SMILES string of the molecule is COC(=O)[C@@H](Cc1ccc(OCc2c(Cl)cccc2Cl)cc1)NC(=S)[C@@H]1CSCN1C(C)=O. The van der Waals surface area contributed by atoms with Gasteiger partial charge in [-0.2, -0.15) is 0 Å². The van der Waals surface area contributed by atoms with Crippen molar-refractivity contribution in [3.8, 4) is 5.75 Å². The van der Waals surface area contributed by atoms with Gasteiger partial charge in [0, 0.05) is 34.7 Å². The number of benzene rings is 2. The number of nitrogens with zero attached hydrogens (tertiary/aromatic N) is 1. The molecule has 6 nitrogen and oxygen atoms in total. The fourth-order valence-corrected chi connectivity index (χ4v) is 5.56. The van der Waals surface area contributed by atoms with Gasteiger partial charge in [-0.1, -0.05) is 53.6 Å². The summed E-state index contributed by atoms with van der Waals surface area (Å²) < 4.78 is 10.8. The smallest absolute Gasteiger partial charge is 0.328 e. The molecule has 3 rings (SSSR count). The van der Waals surface area contributed by atoms with Crippen molar-refractivity contribution in [2.45, 2.75) is 32.0 Å². The number of ether oxygens (including phenoxy) is 2. The number of hydrogen-bond acceptors (Lipinski definition) is 6. The minimum absolute atomic E-state index is 0.0440. The van der Waals surface area contributed by atoms with Crippen LogP contribution in [0.25, 0.3) is 0 Å². The molecule has 0 saturated carbocycles. The highest BCUT2D eigenvalue weighted by molar-refractivity contribution is 7.99. The molecule has 33 heavy (non-hydrogen) atoms. The molecule has 2 aromatic carbocycles. The van der Waals surface area contributed by atoms with Crippen molar-refractivity contribution in [1.82, 2.24) is 10.2 Å². The lowest BCUT2D eigenvalue weighted by Crippen LogP contribution is -2.51. The summed E-state index contributed by atoms with van der Waals surface area (Å²) in [4.78, 5) is 26.4. The van der Waals surface area contributed by atoms with Gasteiger partial charge in [-0.15, -0.1) is 11.8 Å². The number of amides is 1. The second-order valence-corrected chi connectivity index (χ2v) is 9.68. The Morgan fingerprint density at radius 2 is 1.88 bits per heavy atom. The van der Waals surface area contributed by atoms with Crippen LogP contribution in [0.5, 0.6) is 5.75 Å². The largest absolute Gasteiger partial charge is 0.489 e. The molecule has 0 aromatic heterocycles. The Kier molecular flexibility index (Phi) is 9.26. The van der Waals surface area contributed by atoms with E-state index in [2.05, 4.69) is 5.32 Å². The first kappa shape index (κ1) is 25.6. The number of thioether (sulfide) groups is 1. The van der Waals surface area contributed by atoms with E-state index in [-0.39, 0.29) is 18.6 Å². The minimum Gasteiger partial charge on any atom is -0.489 e. The van der Waals surface area contributed by atoms with Crippen molar-refractivity contribution in [2.75, 3.05) is 18.7 Å². The molecular formula is C23H24Cl2N2O4S2. The lowest BCUT2D eigenvalue weighted by molar-refractivity contribution is -0.142. The number of carbonyl (C=O) groups is 2. The van der Waals surface area contributed by atoms with Gasteiger partial charge in [0.2, 0.25) is 5.91 Å². The molecule has 1 heterocycles. The Balaban J connectivity index is 1.63. The van der Waals surface area contributed by atoms with E-state index in [0.717, 1.165) is 11.1 Å². The molecule has 0 aliphatic carbocycles. The normalized spacial score (nSPS) is 16.2. The molecule has 1 aliphatic heterocycles. The van der Waals surface area contributed by atoms with E-state index in [0.29, 0.717) is 38.8 Å². The molecule has 1 fully saturated rings. The molecule has 10 heteroatoms. The van der Waals surface area contributed by atoms with Crippen molar-refractivity contribution in [1.29, 1.82) is 0 Å². The van der Waals surface area contributed by atoms with Crippen LogP contribution in [0.1, 0.15) is 18.1 Å². The van der Waals surface area contributed by atoms with Crippen LogP contribution in [0.3, 0.4) is 0 Å². The van der Waals surface area contributed by atoms with E-state index in [1.165, 1.54) is 14.0 Å². The minimum atomic E-state index is -0.671. The first-order valence-electron chi connectivity index (χ1n) is 10.2. The predicted octanol–water partition coefficient (Wildman–Crippen LogP) is 4.49. The Hall–Kier alpha value is -2.00. The third-order valence-corrected chi connectivity index (χ3v) is 7.31. The zero-order valence-corrected chi connectivity index (χ0v) is 21.3. The van der Waals surface area contributed by atoms with Gasteiger partial charge in [-0.05, 0) is 29.8 Å². The van der Waals surface area contributed by atoms with Gasteiger partial charge in [-0.25, -0.2) is 4.79 Å². The molecule has 0 bridgehead atoms. The van der Waals surface area contributed by atoms with Crippen molar-refractivity contribution < 1.29 is 19.1 Å². The monoisotopic (exact) mass is 526 g/mol. The van der Waals surface area contributed by atoms with E-state index < -0.39 is 12.0 Å². The van der Waals surface area contributed by atoms with Crippen LogP contribution in [0, 0.1) is 0 Å². The van der Waals surface area contributed by atoms with Gasteiger partial charge < -0.3 is 19.7 Å². The van der Waals surface area contributed by atoms with Crippen molar-refractivity contribution in [2.24, 2.45) is 0 Å². The predicted molar refractivity (Wildman–Crippen MR) is 136 cm³/mol. The summed E-state index contributed by atoms with van der Waals surface area (Å²) in [5.41, 5.74) is 1.62. The van der Waals surface area contributed by atoms with E-state index in [1.807, 2.05) is 24.3 Å². The van der Waals surface area contributed by atoms with Crippen LogP contribution in [0.2, 0.25) is 10.0 Å². The summed E-state index contributed by atoms with van der Waals surface area (Å²) in [6.45, 7) is 1.76. The average Bonchev–Trinajstić information content (AvgIpc) is 3.29. The number of methoxy groups -OCH3 is 1. The number of thiocarbonyl (C=S) groups is 1. The topological polar surface area (TPSA) is 67.9 Å². The van der Waals surface area contributed by atoms with Crippen molar-refractivity contribution in [3.63, 3.8) is 0 Å². The van der Waals surface area contributed by atoms with Crippen LogP contribution in [0.4, 0.5) is 0 Å². The van der Waals surface area contributed by atoms with E-state index in [9.17, 15) is 9.59 Å². The summed E-state index contributed by atoms with van der Waals surface area (Å²) in [6.07, 6.45) is 0.364. The van der Waals surface area contributed by atoms with E-state index >= 15 is 0 Å². The van der Waals surface area contributed by atoms with Gasteiger partial charge in [0.15, 0.2) is 0 Å². The highest BCUT2D eigenvalue weighted by Gasteiger charge is 2.32. The molecule has 0 unspecified atom stereocenters. The Morgan fingerprint density at radius 3 is 2.48 bits per heavy atom. The van der Waals surface area contributed by atoms with Gasteiger partial charge in [0.05, 0.1) is 24.0 Å². The number of rotatable bonds is 8. The maximum atomic E-state index is 12.4. The fraction of sp³-hybridized carbons (Fsp3) is 0.348. The number of esters is 1.